The van der Waals surface area contributed by atoms with E-state index in [9.17, 15) is 0 Å². The molecule has 4 aromatic heterocycles. The Morgan fingerprint density at radius 2 is 1.07 bits per heavy atom. The monoisotopic (exact) mass is 514 g/mol. The highest BCUT2D eigenvalue weighted by molar-refractivity contribution is 6.09. The Labute approximate surface area is 230 Å². The maximum absolute atomic E-state index is 5.85. The number of oxazole rings is 1. The molecule has 0 atom stereocenters. The molecule has 5 nitrogen and oxygen atoms in total. The summed E-state index contributed by atoms with van der Waals surface area (Å²) in [5.41, 5.74) is 9.80. The second-order valence-electron chi connectivity index (χ2n) is 9.77. The molecule has 4 aromatic carbocycles. The number of hydrogen-bond donors (Lipinski definition) is 0. The third-order valence-electron chi connectivity index (χ3n) is 7.37. The first-order valence-electron chi connectivity index (χ1n) is 13.2. The molecule has 4 heterocycles. The van der Waals surface area contributed by atoms with Gasteiger partial charge in [-0.05, 0) is 48.5 Å². The lowest BCUT2D eigenvalue weighted by Crippen LogP contribution is -1.94. The minimum Gasteiger partial charge on any atom is -0.435 e. The Bertz CT molecular complexity index is 2050. The van der Waals surface area contributed by atoms with Gasteiger partial charge in [-0.1, -0.05) is 72.8 Å². The minimum absolute atomic E-state index is 0.519. The van der Waals surface area contributed by atoms with Gasteiger partial charge in [0.1, 0.15) is 11.2 Å². The van der Waals surface area contributed by atoms with E-state index in [0.29, 0.717) is 11.6 Å². The van der Waals surface area contributed by atoms with Crippen LogP contribution in [0, 0.1) is 0 Å². The second kappa shape index (κ2) is 9.03. The standard InChI is InChI=1S/C35H22N4O/c1-4-10-32-27(7-1)28-8-2-5-11-33(28)39(32)26-17-13-23(14-18-26)29-19-15-24(21-36-29)25-16-20-31(37-22-25)35-38-30-9-3-6-12-34(30)40-35/h1-22H. The fourth-order valence-electron chi connectivity index (χ4n) is 5.39. The summed E-state index contributed by atoms with van der Waals surface area (Å²) in [7, 11) is 0. The summed E-state index contributed by atoms with van der Waals surface area (Å²) in [6.07, 6.45) is 3.73. The quantitative estimate of drug-likeness (QED) is 0.236. The van der Waals surface area contributed by atoms with Crippen LogP contribution in [0.4, 0.5) is 0 Å². The number of benzene rings is 4. The normalized spacial score (nSPS) is 11.5. The van der Waals surface area contributed by atoms with E-state index in [4.69, 9.17) is 9.40 Å². The lowest BCUT2D eigenvalue weighted by Gasteiger charge is -2.09. The van der Waals surface area contributed by atoms with Crippen LogP contribution in [0.25, 0.3) is 72.6 Å². The molecule has 0 spiro atoms. The average molecular weight is 515 g/mol. The van der Waals surface area contributed by atoms with E-state index in [1.807, 2.05) is 48.8 Å². The Kier molecular flexibility index (Phi) is 5.07. The van der Waals surface area contributed by atoms with Crippen molar-refractivity contribution in [2.45, 2.75) is 0 Å². The van der Waals surface area contributed by atoms with Gasteiger partial charge in [0.2, 0.25) is 5.89 Å². The molecule has 0 amide bonds. The van der Waals surface area contributed by atoms with E-state index in [1.165, 1.54) is 21.8 Å². The van der Waals surface area contributed by atoms with Gasteiger partial charge in [0.05, 0.1) is 16.7 Å². The van der Waals surface area contributed by atoms with E-state index < -0.39 is 0 Å². The molecule has 0 N–H and O–H groups in total. The van der Waals surface area contributed by atoms with Gasteiger partial charge in [0.25, 0.3) is 0 Å². The summed E-state index contributed by atoms with van der Waals surface area (Å²) in [4.78, 5) is 13.9. The van der Waals surface area contributed by atoms with Gasteiger partial charge in [0, 0.05) is 45.5 Å². The van der Waals surface area contributed by atoms with Crippen LogP contribution in [-0.2, 0) is 0 Å². The maximum atomic E-state index is 5.85. The van der Waals surface area contributed by atoms with Crippen molar-refractivity contribution in [1.82, 2.24) is 19.5 Å². The van der Waals surface area contributed by atoms with Gasteiger partial charge in [-0.3, -0.25) is 9.97 Å². The van der Waals surface area contributed by atoms with Crippen molar-refractivity contribution in [3.05, 3.63) is 134 Å². The Morgan fingerprint density at radius 1 is 0.500 bits per heavy atom. The molecule has 0 bridgehead atoms. The van der Waals surface area contributed by atoms with Crippen molar-refractivity contribution >= 4 is 32.9 Å². The molecule has 188 valence electrons. The van der Waals surface area contributed by atoms with Gasteiger partial charge in [-0.25, -0.2) is 4.98 Å². The SMILES string of the molecule is c1ccc2oc(-c3ccc(-c4ccc(-c5ccc(-n6c7ccccc7c7ccccc76)cc5)nc4)cn3)nc2c1. The van der Waals surface area contributed by atoms with E-state index in [0.717, 1.165) is 39.2 Å². The Morgan fingerprint density at radius 3 is 1.70 bits per heavy atom. The largest absolute Gasteiger partial charge is 0.435 e. The van der Waals surface area contributed by atoms with Gasteiger partial charge >= 0.3 is 0 Å². The maximum Gasteiger partial charge on any atom is 0.246 e. The number of rotatable bonds is 4. The van der Waals surface area contributed by atoms with Crippen LogP contribution in [-0.4, -0.2) is 19.5 Å². The molecule has 8 rings (SSSR count). The molecule has 0 aliphatic rings. The topological polar surface area (TPSA) is 56.7 Å². The average Bonchev–Trinajstić information content (AvgIpc) is 3.61. The molecule has 0 saturated carbocycles. The fourth-order valence-corrected chi connectivity index (χ4v) is 5.39. The lowest BCUT2D eigenvalue weighted by molar-refractivity contribution is 0.617. The number of nitrogens with zero attached hydrogens (tertiary/aromatic N) is 4. The fraction of sp³-hybridized carbons (Fsp3) is 0. The summed E-state index contributed by atoms with van der Waals surface area (Å²) in [6.45, 7) is 0. The molecule has 5 heteroatoms. The van der Waals surface area contributed by atoms with Crippen molar-refractivity contribution in [2.24, 2.45) is 0 Å². The highest BCUT2D eigenvalue weighted by Gasteiger charge is 2.12. The summed E-state index contributed by atoms with van der Waals surface area (Å²) < 4.78 is 8.17. The van der Waals surface area contributed by atoms with Crippen LogP contribution in [0.2, 0.25) is 0 Å². The van der Waals surface area contributed by atoms with E-state index in [1.54, 1.807) is 0 Å². The molecule has 0 aliphatic carbocycles. The molecule has 0 fully saturated rings. The molecule has 0 unspecified atom stereocenters. The van der Waals surface area contributed by atoms with Gasteiger partial charge in [0.15, 0.2) is 5.58 Å². The number of aromatic nitrogens is 4. The summed E-state index contributed by atoms with van der Waals surface area (Å²) >= 11 is 0. The first kappa shape index (κ1) is 22.4. The van der Waals surface area contributed by atoms with E-state index >= 15 is 0 Å². The van der Waals surface area contributed by atoms with Crippen LogP contribution in [0.5, 0.6) is 0 Å². The molecule has 40 heavy (non-hydrogen) atoms. The molecular formula is C35H22N4O. The Hall–Kier alpha value is -5.55. The smallest absolute Gasteiger partial charge is 0.246 e. The third-order valence-corrected chi connectivity index (χ3v) is 7.37. The zero-order chi connectivity index (χ0) is 26.5. The first-order valence-corrected chi connectivity index (χ1v) is 13.2. The van der Waals surface area contributed by atoms with Crippen molar-refractivity contribution in [2.75, 3.05) is 0 Å². The third kappa shape index (κ3) is 3.68. The number of fused-ring (bicyclic) bond motifs is 4. The van der Waals surface area contributed by atoms with Crippen LogP contribution >= 0.6 is 0 Å². The summed E-state index contributed by atoms with van der Waals surface area (Å²) in [5.74, 6) is 0.519. The van der Waals surface area contributed by atoms with Crippen LogP contribution in [0.15, 0.2) is 138 Å². The van der Waals surface area contributed by atoms with Crippen molar-refractivity contribution < 1.29 is 4.42 Å². The number of para-hydroxylation sites is 4. The summed E-state index contributed by atoms with van der Waals surface area (Å²) in [6, 6.07) is 41.5. The molecule has 8 aromatic rings. The molecule has 0 radical (unpaired) electrons. The van der Waals surface area contributed by atoms with Gasteiger partial charge in [-0.2, -0.15) is 0 Å². The second-order valence-corrected chi connectivity index (χ2v) is 9.77. The first-order chi connectivity index (χ1) is 19.8. The van der Waals surface area contributed by atoms with Crippen molar-refractivity contribution in [3.8, 4) is 39.7 Å². The molecule has 0 aliphatic heterocycles. The van der Waals surface area contributed by atoms with Gasteiger partial charge < -0.3 is 8.98 Å². The summed E-state index contributed by atoms with van der Waals surface area (Å²) in [5, 5.41) is 2.52. The van der Waals surface area contributed by atoms with Crippen LogP contribution < -0.4 is 0 Å². The Balaban J connectivity index is 1.07. The highest BCUT2D eigenvalue weighted by Crippen LogP contribution is 2.32. The highest BCUT2D eigenvalue weighted by atomic mass is 16.3. The van der Waals surface area contributed by atoms with Crippen LogP contribution in [0.3, 0.4) is 0 Å². The van der Waals surface area contributed by atoms with Crippen molar-refractivity contribution in [3.63, 3.8) is 0 Å². The number of pyridine rings is 2. The molecule has 0 saturated heterocycles. The minimum atomic E-state index is 0.519. The predicted molar refractivity (Wildman–Crippen MR) is 160 cm³/mol. The van der Waals surface area contributed by atoms with Crippen molar-refractivity contribution in [1.29, 1.82) is 0 Å². The zero-order valence-electron chi connectivity index (χ0n) is 21.4. The number of hydrogen-bond acceptors (Lipinski definition) is 4. The van der Waals surface area contributed by atoms with E-state index in [2.05, 4.69) is 99.5 Å². The van der Waals surface area contributed by atoms with Gasteiger partial charge in [-0.15, -0.1) is 0 Å². The van der Waals surface area contributed by atoms with E-state index in [-0.39, 0.29) is 0 Å². The van der Waals surface area contributed by atoms with Crippen LogP contribution in [0.1, 0.15) is 0 Å². The zero-order valence-corrected chi connectivity index (χ0v) is 21.4. The lowest BCUT2D eigenvalue weighted by atomic mass is 10.1. The predicted octanol–water partition coefficient (Wildman–Crippen LogP) is 8.72. The molecular weight excluding hydrogens is 492 g/mol.